The number of halogens is 1. The van der Waals surface area contributed by atoms with Crippen LogP contribution in [0.3, 0.4) is 0 Å². The Morgan fingerprint density at radius 2 is 2.07 bits per heavy atom. The van der Waals surface area contributed by atoms with Gasteiger partial charge in [0.15, 0.2) is 0 Å². The maximum absolute atomic E-state index is 12.7. The number of nitrogens with one attached hydrogen (secondary N) is 2. The van der Waals surface area contributed by atoms with Crippen molar-refractivity contribution in [2.75, 3.05) is 19.0 Å². The van der Waals surface area contributed by atoms with Crippen molar-refractivity contribution in [3.05, 3.63) is 67.4 Å². The molecule has 0 fully saturated rings. The van der Waals surface area contributed by atoms with Crippen LogP contribution >= 0.6 is 11.6 Å². The first kappa shape index (κ1) is 18.8. The fraction of sp³-hybridized carbons (Fsp3) is 0.222. The van der Waals surface area contributed by atoms with Crippen LogP contribution < -0.4 is 16.6 Å². The van der Waals surface area contributed by atoms with E-state index in [2.05, 4.69) is 15.3 Å². The van der Waals surface area contributed by atoms with Crippen LogP contribution in [0.15, 0.2) is 39.9 Å². The van der Waals surface area contributed by atoms with Gasteiger partial charge in [-0.15, -0.1) is 0 Å². The van der Waals surface area contributed by atoms with Gasteiger partial charge in [-0.1, -0.05) is 23.7 Å². The van der Waals surface area contributed by atoms with Crippen LogP contribution in [0.4, 0.5) is 5.69 Å². The van der Waals surface area contributed by atoms with Gasteiger partial charge < -0.3 is 10.1 Å². The highest BCUT2D eigenvalue weighted by molar-refractivity contribution is 6.33. The molecule has 0 bridgehead atoms. The minimum atomic E-state index is -0.608. The normalized spacial score (nSPS) is 10.9. The van der Waals surface area contributed by atoms with E-state index in [1.165, 1.54) is 17.7 Å². The molecule has 0 radical (unpaired) electrons. The zero-order valence-electron chi connectivity index (χ0n) is 14.7. The number of aromatic amines is 1. The highest BCUT2D eigenvalue weighted by Gasteiger charge is 2.17. The van der Waals surface area contributed by atoms with Crippen molar-refractivity contribution in [1.29, 1.82) is 0 Å². The van der Waals surface area contributed by atoms with E-state index in [4.69, 9.17) is 16.3 Å². The lowest BCUT2D eigenvalue weighted by Crippen LogP contribution is -2.32. The van der Waals surface area contributed by atoms with Crippen molar-refractivity contribution in [3.8, 4) is 0 Å². The molecule has 0 atom stereocenters. The van der Waals surface area contributed by atoms with Crippen LogP contribution in [0.25, 0.3) is 11.0 Å². The number of hydrogen-bond acceptors (Lipinski definition) is 5. The molecule has 3 aromatic rings. The van der Waals surface area contributed by atoms with E-state index in [1.54, 1.807) is 31.2 Å². The number of aryl methyl sites for hydroxylation is 1. The molecule has 9 heteroatoms. The number of H-pyrrole nitrogens is 1. The summed E-state index contributed by atoms with van der Waals surface area (Å²) in [6.07, 6.45) is 0. The molecule has 0 aliphatic carbocycles. The quantitative estimate of drug-likeness (QED) is 0.694. The second-order valence-corrected chi connectivity index (χ2v) is 6.24. The number of nitrogens with zero attached hydrogens (tertiary/aromatic N) is 2. The van der Waals surface area contributed by atoms with Crippen LogP contribution in [-0.4, -0.2) is 34.2 Å². The van der Waals surface area contributed by atoms with Gasteiger partial charge in [-0.25, -0.2) is 9.78 Å². The minimum Gasteiger partial charge on any atom is -0.383 e. The summed E-state index contributed by atoms with van der Waals surface area (Å²) in [5.41, 5.74) is 0.0518. The lowest BCUT2D eigenvalue weighted by Gasteiger charge is -2.12. The van der Waals surface area contributed by atoms with Gasteiger partial charge in [0.25, 0.3) is 11.5 Å². The average Bonchev–Trinajstić information content (AvgIpc) is 2.63. The van der Waals surface area contributed by atoms with Crippen molar-refractivity contribution >= 4 is 34.2 Å². The smallest absolute Gasteiger partial charge is 0.330 e. The molecule has 0 aliphatic rings. The molecule has 2 aromatic heterocycles. The Morgan fingerprint density at radius 1 is 1.33 bits per heavy atom. The molecule has 2 heterocycles. The van der Waals surface area contributed by atoms with Gasteiger partial charge in [-0.2, -0.15) is 0 Å². The first-order valence-corrected chi connectivity index (χ1v) is 8.49. The number of benzene rings is 1. The monoisotopic (exact) mass is 388 g/mol. The SMILES string of the molecule is COCCn1c(=O)[nH]c(=O)c2cc(C(=O)Nc3ccccc3Cl)c(C)nc21. The lowest BCUT2D eigenvalue weighted by atomic mass is 10.1. The zero-order valence-corrected chi connectivity index (χ0v) is 15.5. The molecule has 0 saturated carbocycles. The third-order valence-electron chi connectivity index (χ3n) is 4.04. The number of pyridine rings is 1. The van der Waals surface area contributed by atoms with E-state index >= 15 is 0 Å². The Kier molecular flexibility index (Phi) is 5.38. The predicted octanol–water partition coefficient (Wildman–Crippen LogP) is 1.95. The Bertz CT molecular complexity index is 1140. The van der Waals surface area contributed by atoms with Gasteiger partial charge in [0, 0.05) is 7.11 Å². The molecular formula is C18H17ClN4O4. The molecule has 0 saturated heterocycles. The molecule has 0 spiro atoms. The molecule has 3 rings (SSSR count). The fourth-order valence-electron chi connectivity index (χ4n) is 2.67. The Hall–Kier alpha value is -2.97. The maximum atomic E-state index is 12.7. The second kappa shape index (κ2) is 7.73. The van der Waals surface area contributed by atoms with Crippen LogP contribution in [0, 0.1) is 6.92 Å². The van der Waals surface area contributed by atoms with Gasteiger partial charge >= 0.3 is 5.69 Å². The summed E-state index contributed by atoms with van der Waals surface area (Å²) in [6, 6.07) is 8.23. The average molecular weight is 389 g/mol. The van der Waals surface area contributed by atoms with Crippen LogP contribution in [0.1, 0.15) is 16.1 Å². The summed E-state index contributed by atoms with van der Waals surface area (Å²) in [4.78, 5) is 43.5. The standard InChI is InChI=1S/C18H17ClN4O4/c1-10-11(16(24)21-14-6-4-3-5-13(14)19)9-12-15(20-10)23(7-8-27-2)18(26)22-17(12)25/h3-6,9H,7-8H2,1-2H3,(H,21,24)(H,22,25,26). The van der Waals surface area contributed by atoms with E-state index < -0.39 is 17.2 Å². The van der Waals surface area contributed by atoms with Crippen molar-refractivity contribution < 1.29 is 9.53 Å². The highest BCUT2D eigenvalue weighted by Crippen LogP contribution is 2.22. The van der Waals surface area contributed by atoms with Crippen LogP contribution in [-0.2, 0) is 11.3 Å². The minimum absolute atomic E-state index is 0.139. The summed E-state index contributed by atoms with van der Waals surface area (Å²) in [7, 11) is 1.51. The molecule has 140 valence electrons. The van der Waals surface area contributed by atoms with Crippen LogP contribution in [0.2, 0.25) is 5.02 Å². The summed E-state index contributed by atoms with van der Waals surface area (Å²) in [5.74, 6) is -0.455. The highest BCUT2D eigenvalue weighted by atomic mass is 35.5. The number of hydrogen-bond donors (Lipinski definition) is 2. The molecule has 1 amide bonds. The van der Waals surface area contributed by atoms with Gasteiger partial charge in [0.1, 0.15) is 5.65 Å². The van der Waals surface area contributed by atoms with E-state index in [9.17, 15) is 14.4 Å². The Morgan fingerprint density at radius 3 is 2.78 bits per heavy atom. The number of rotatable bonds is 5. The van der Waals surface area contributed by atoms with Gasteiger partial charge in [0.05, 0.1) is 40.5 Å². The predicted molar refractivity (Wildman–Crippen MR) is 103 cm³/mol. The number of amides is 1. The summed E-state index contributed by atoms with van der Waals surface area (Å²) >= 11 is 6.07. The Labute approximate surface area is 158 Å². The number of carbonyl (C=O) groups excluding carboxylic acids is 1. The summed E-state index contributed by atoms with van der Waals surface area (Å²) < 4.78 is 6.30. The number of fused-ring (bicyclic) bond motifs is 1. The number of para-hydroxylation sites is 1. The number of ether oxygens (including phenoxy) is 1. The molecule has 2 N–H and O–H groups in total. The van der Waals surface area contributed by atoms with Crippen molar-refractivity contribution in [2.45, 2.75) is 13.5 Å². The van der Waals surface area contributed by atoms with E-state index in [0.717, 1.165) is 0 Å². The first-order chi connectivity index (χ1) is 12.9. The molecule has 27 heavy (non-hydrogen) atoms. The number of aromatic nitrogens is 3. The van der Waals surface area contributed by atoms with E-state index in [0.29, 0.717) is 16.4 Å². The zero-order chi connectivity index (χ0) is 19.6. The van der Waals surface area contributed by atoms with Gasteiger partial charge in [0.2, 0.25) is 0 Å². The Balaban J connectivity index is 2.09. The van der Waals surface area contributed by atoms with E-state index in [-0.39, 0.29) is 29.7 Å². The molecule has 8 nitrogen and oxygen atoms in total. The van der Waals surface area contributed by atoms with Crippen molar-refractivity contribution in [1.82, 2.24) is 14.5 Å². The second-order valence-electron chi connectivity index (χ2n) is 5.83. The summed E-state index contributed by atoms with van der Waals surface area (Å²) in [5, 5.41) is 3.23. The molecular weight excluding hydrogens is 372 g/mol. The first-order valence-electron chi connectivity index (χ1n) is 8.11. The number of carbonyl (C=O) groups is 1. The summed E-state index contributed by atoms with van der Waals surface area (Å²) in [6.45, 7) is 2.13. The van der Waals surface area contributed by atoms with Crippen LogP contribution in [0.5, 0.6) is 0 Å². The lowest BCUT2D eigenvalue weighted by molar-refractivity contribution is 0.102. The molecule has 0 unspecified atom stereocenters. The maximum Gasteiger partial charge on any atom is 0.330 e. The fourth-order valence-corrected chi connectivity index (χ4v) is 2.85. The van der Waals surface area contributed by atoms with Gasteiger partial charge in [-0.05, 0) is 25.1 Å². The van der Waals surface area contributed by atoms with E-state index in [1.807, 2.05) is 0 Å². The third-order valence-corrected chi connectivity index (χ3v) is 4.37. The number of anilines is 1. The van der Waals surface area contributed by atoms with Gasteiger partial charge in [-0.3, -0.25) is 19.1 Å². The molecule has 0 aliphatic heterocycles. The largest absolute Gasteiger partial charge is 0.383 e. The number of methoxy groups -OCH3 is 1. The van der Waals surface area contributed by atoms with Crippen molar-refractivity contribution in [3.63, 3.8) is 0 Å². The third kappa shape index (κ3) is 3.76. The topological polar surface area (TPSA) is 106 Å². The molecule has 1 aromatic carbocycles. The van der Waals surface area contributed by atoms with Crippen molar-refractivity contribution in [2.24, 2.45) is 0 Å².